The highest BCUT2D eigenvalue weighted by Crippen LogP contribution is 2.15. The molecule has 342 valence electrons. The zero-order valence-corrected chi connectivity index (χ0v) is 38.8. The Hall–Kier alpha value is -3.22. The number of hydrogen-bond donors (Lipinski definition) is 3. The maximum Gasteiger partial charge on any atom is 0.306 e. The average Bonchev–Trinajstić information content (AvgIpc) is 3.24. The molecule has 60 heavy (non-hydrogen) atoms. The van der Waals surface area contributed by atoms with Gasteiger partial charge in [-0.1, -0.05) is 227 Å². The minimum absolute atomic E-state index is 0.0291. The van der Waals surface area contributed by atoms with Gasteiger partial charge in [0, 0.05) is 12.8 Å². The largest absolute Gasteiger partial charge is 0.461 e. The third-order valence-electron chi connectivity index (χ3n) is 10.5. The van der Waals surface area contributed by atoms with E-state index in [0.717, 1.165) is 70.6 Å². The summed E-state index contributed by atoms with van der Waals surface area (Å²) in [6.45, 7) is 6.24. The maximum absolute atomic E-state index is 13.1. The molecule has 6 nitrogen and oxygen atoms in total. The predicted molar refractivity (Wildman–Crippen MR) is 259 cm³/mol. The van der Waals surface area contributed by atoms with Gasteiger partial charge in [-0.25, -0.2) is 0 Å². The van der Waals surface area contributed by atoms with Crippen molar-refractivity contribution >= 4 is 11.9 Å². The SMILES string of the molecule is CC/C=C/C=C/C=C\C=C/C=C/CC(CC(=O)NC(CO)C(O)CCCCCCCCCCCCC)OC(=O)CCCCCCCC/C=C\C/C=C\C/C=C\CCCCC. The lowest BCUT2D eigenvalue weighted by molar-refractivity contribution is -0.150. The lowest BCUT2D eigenvalue weighted by atomic mass is 10.0. The topological polar surface area (TPSA) is 95.9 Å². The number of allylic oxidation sites excluding steroid dienone is 15. The molecule has 0 bridgehead atoms. The number of nitrogens with one attached hydrogen (secondary N) is 1. The summed E-state index contributed by atoms with van der Waals surface area (Å²) in [6.07, 6.45) is 62.0. The maximum atomic E-state index is 13.1. The van der Waals surface area contributed by atoms with Crippen molar-refractivity contribution in [1.29, 1.82) is 0 Å². The second-order valence-corrected chi connectivity index (χ2v) is 16.3. The number of amides is 1. The zero-order valence-electron chi connectivity index (χ0n) is 38.8. The molecular formula is C54H91NO5. The highest BCUT2D eigenvalue weighted by molar-refractivity contribution is 5.77. The Balaban J connectivity index is 4.67. The van der Waals surface area contributed by atoms with Crippen LogP contribution in [0.15, 0.2) is 97.2 Å². The molecule has 0 radical (unpaired) electrons. The quantitative estimate of drug-likeness (QED) is 0.0246. The number of aliphatic hydroxyl groups excluding tert-OH is 2. The number of carbonyl (C=O) groups excluding carboxylic acids is 2. The molecule has 0 aromatic rings. The van der Waals surface area contributed by atoms with Crippen LogP contribution >= 0.6 is 0 Å². The molecule has 0 aromatic carbocycles. The van der Waals surface area contributed by atoms with Crippen molar-refractivity contribution in [3.63, 3.8) is 0 Å². The van der Waals surface area contributed by atoms with Crippen LogP contribution in [0, 0.1) is 0 Å². The van der Waals surface area contributed by atoms with Gasteiger partial charge in [0.2, 0.25) is 5.91 Å². The van der Waals surface area contributed by atoms with Crippen molar-refractivity contribution < 1.29 is 24.5 Å². The molecule has 3 unspecified atom stereocenters. The Labute approximate surface area is 369 Å². The van der Waals surface area contributed by atoms with E-state index in [0.29, 0.717) is 19.3 Å². The summed E-state index contributed by atoms with van der Waals surface area (Å²) in [7, 11) is 0. The number of hydrogen-bond acceptors (Lipinski definition) is 5. The van der Waals surface area contributed by atoms with Gasteiger partial charge in [0.1, 0.15) is 6.10 Å². The normalized spacial score (nSPS) is 14.2. The van der Waals surface area contributed by atoms with Gasteiger partial charge in [-0.2, -0.15) is 0 Å². The predicted octanol–water partition coefficient (Wildman–Crippen LogP) is 14.6. The molecule has 0 spiro atoms. The van der Waals surface area contributed by atoms with Gasteiger partial charge in [0.25, 0.3) is 0 Å². The lowest BCUT2D eigenvalue weighted by Crippen LogP contribution is -2.46. The molecule has 0 rings (SSSR count). The van der Waals surface area contributed by atoms with E-state index in [-0.39, 0.29) is 24.9 Å². The summed E-state index contributed by atoms with van der Waals surface area (Å²) in [6, 6.07) is -0.746. The molecule has 0 fully saturated rings. The van der Waals surface area contributed by atoms with Crippen LogP contribution in [0.1, 0.15) is 207 Å². The van der Waals surface area contributed by atoms with Gasteiger partial charge in [-0.3, -0.25) is 9.59 Å². The molecule has 0 aromatic heterocycles. The highest BCUT2D eigenvalue weighted by Gasteiger charge is 2.23. The first-order valence-corrected chi connectivity index (χ1v) is 24.5. The fourth-order valence-electron chi connectivity index (χ4n) is 6.81. The van der Waals surface area contributed by atoms with E-state index in [9.17, 15) is 19.8 Å². The Morgan fingerprint density at radius 1 is 0.533 bits per heavy atom. The first kappa shape index (κ1) is 56.8. The smallest absolute Gasteiger partial charge is 0.306 e. The number of esters is 1. The van der Waals surface area contributed by atoms with E-state index >= 15 is 0 Å². The molecular weight excluding hydrogens is 743 g/mol. The summed E-state index contributed by atoms with van der Waals surface area (Å²) in [5, 5.41) is 23.6. The van der Waals surface area contributed by atoms with Crippen molar-refractivity contribution in [3.05, 3.63) is 97.2 Å². The lowest BCUT2D eigenvalue weighted by Gasteiger charge is -2.24. The first-order valence-electron chi connectivity index (χ1n) is 24.5. The van der Waals surface area contributed by atoms with Crippen molar-refractivity contribution in [2.75, 3.05) is 6.61 Å². The summed E-state index contributed by atoms with van der Waals surface area (Å²) in [5.74, 6) is -0.631. The molecule has 0 aliphatic heterocycles. The van der Waals surface area contributed by atoms with E-state index in [1.54, 1.807) is 0 Å². The van der Waals surface area contributed by atoms with Crippen LogP contribution < -0.4 is 5.32 Å². The third kappa shape index (κ3) is 41.5. The number of rotatable bonds is 42. The summed E-state index contributed by atoms with van der Waals surface area (Å²) in [5.41, 5.74) is 0. The monoisotopic (exact) mass is 834 g/mol. The van der Waals surface area contributed by atoms with Crippen LogP contribution in [-0.2, 0) is 14.3 Å². The van der Waals surface area contributed by atoms with Gasteiger partial charge in [0.05, 0.1) is 25.2 Å². The van der Waals surface area contributed by atoms with Gasteiger partial charge >= 0.3 is 5.97 Å². The number of aliphatic hydroxyl groups is 2. The Morgan fingerprint density at radius 2 is 0.983 bits per heavy atom. The standard InChI is InChI=1S/C54H91NO5/c1-4-7-10-13-16-19-22-23-24-25-26-27-28-29-32-35-38-41-44-47-54(59)60-50(45-42-39-36-33-30-20-17-14-11-8-5-2)48-53(58)55-51(49-56)52(57)46-43-40-37-34-31-21-18-15-12-9-6-3/h8,11,14,16-17,19-20,23-24,26-27,30,33,36,39,42,50-52,56-57H,4-7,9-10,12-13,15,18,21-22,25,28-29,31-32,34-35,37-38,40-41,43-49H2,1-3H3,(H,55,58)/b11-8+,17-14+,19-16-,24-23-,27-26-,30-20-,36-33-,42-39+. The number of ether oxygens (including phenoxy) is 1. The Kier molecular flexibility index (Phi) is 44.3. The minimum atomic E-state index is -0.824. The molecule has 0 saturated heterocycles. The van der Waals surface area contributed by atoms with E-state index in [1.807, 2.05) is 54.7 Å². The van der Waals surface area contributed by atoms with Crippen LogP contribution in [0.25, 0.3) is 0 Å². The van der Waals surface area contributed by atoms with E-state index in [2.05, 4.69) is 68.6 Å². The minimum Gasteiger partial charge on any atom is -0.461 e. The van der Waals surface area contributed by atoms with Gasteiger partial charge in [0.15, 0.2) is 0 Å². The fraction of sp³-hybridized carbons (Fsp3) is 0.667. The van der Waals surface area contributed by atoms with Crippen molar-refractivity contribution in [2.45, 2.75) is 225 Å². The third-order valence-corrected chi connectivity index (χ3v) is 10.5. The summed E-state index contributed by atoms with van der Waals surface area (Å²) < 4.78 is 5.82. The van der Waals surface area contributed by atoms with Crippen LogP contribution in [-0.4, -0.2) is 46.9 Å². The number of carbonyl (C=O) groups is 2. The van der Waals surface area contributed by atoms with Gasteiger partial charge in [-0.05, 0) is 57.8 Å². The molecule has 1 amide bonds. The molecule has 6 heteroatoms. The van der Waals surface area contributed by atoms with Gasteiger partial charge < -0.3 is 20.3 Å². The molecule has 0 heterocycles. The molecule has 3 atom stereocenters. The van der Waals surface area contributed by atoms with Crippen LogP contribution in [0.3, 0.4) is 0 Å². The zero-order chi connectivity index (χ0) is 43.8. The number of unbranched alkanes of at least 4 members (excludes halogenated alkanes) is 19. The van der Waals surface area contributed by atoms with E-state index in [1.165, 1.54) is 89.9 Å². The van der Waals surface area contributed by atoms with Crippen molar-refractivity contribution in [3.8, 4) is 0 Å². The first-order chi connectivity index (χ1) is 29.5. The van der Waals surface area contributed by atoms with Crippen molar-refractivity contribution in [1.82, 2.24) is 5.32 Å². The second kappa shape index (κ2) is 46.8. The molecule has 0 aliphatic rings. The molecule has 0 aliphatic carbocycles. The molecule has 3 N–H and O–H groups in total. The van der Waals surface area contributed by atoms with Crippen LogP contribution in [0.5, 0.6) is 0 Å². The average molecular weight is 834 g/mol. The second-order valence-electron chi connectivity index (χ2n) is 16.3. The Morgan fingerprint density at radius 3 is 1.53 bits per heavy atom. The van der Waals surface area contributed by atoms with Crippen LogP contribution in [0.4, 0.5) is 0 Å². The summed E-state index contributed by atoms with van der Waals surface area (Å²) in [4.78, 5) is 26.0. The van der Waals surface area contributed by atoms with E-state index in [4.69, 9.17) is 4.74 Å². The highest BCUT2D eigenvalue weighted by atomic mass is 16.5. The molecule has 0 saturated carbocycles. The van der Waals surface area contributed by atoms with Crippen LogP contribution in [0.2, 0.25) is 0 Å². The fourth-order valence-corrected chi connectivity index (χ4v) is 6.81. The Bertz CT molecular complexity index is 1210. The summed E-state index contributed by atoms with van der Waals surface area (Å²) >= 11 is 0. The van der Waals surface area contributed by atoms with Crippen molar-refractivity contribution in [2.24, 2.45) is 0 Å². The van der Waals surface area contributed by atoms with Gasteiger partial charge in [-0.15, -0.1) is 0 Å². The van der Waals surface area contributed by atoms with E-state index < -0.39 is 18.2 Å².